The van der Waals surface area contributed by atoms with Crippen LogP contribution in [0.5, 0.6) is 5.75 Å². The summed E-state index contributed by atoms with van der Waals surface area (Å²) in [5.41, 5.74) is 0.840. The van der Waals surface area contributed by atoms with Crippen molar-refractivity contribution in [3.05, 3.63) is 24.3 Å². The van der Waals surface area contributed by atoms with Gasteiger partial charge in [-0.25, -0.2) is 0 Å². The van der Waals surface area contributed by atoms with Crippen LogP contribution in [0.25, 0.3) is 11.5 Å². The third-order valence-electron chi connectivity index (χ3n) is 2.44. The van der Waals surface area contributed by atoms with Crippen LogP contribution in [0, 0.1) is 0 Å². The van der Waals surface area contributed by atoms with E-state index in [1.54, 1.807) is 7.11 Å². The van der Waals surface area contributed by atoms with Gasteiger partial charge in [0.15, 0.2) is 0 Å². The van der Waals surface area contributed by atoms with Crippen LogP contribution in [0.1, 0.15) is 6.92 Å². The summed E-state index contributed by atoms with van der Waals surface area (Å²) in [7, 11) is 1.62. The predicted octanol–water partition coefficient (Wildman–Crippen LogP) is 1.97. The number of nitrogens with zero attached hydrogens (tertiary/aromatic N) is 2. The van der Waals surface area contributed by atoms with E-state index in [1.807, 2.05) is 24.3 Å². The third kappa shape index (κ3) is 3.99. The van der Waals surface area contributed by atoms with E-state index in [9.17, 15) is 4.79 Å². The molecule has 2 aromatic rings. The molecule has 0 spiro atoms. The fraction of sp³-hybridized carbons (Fsp3) is 0.308. The highest BCUT2D eigenvalue weighted by molar-refractivity contribution is 7.99. The molecule has 0 unspecified atom stereocenters. The molecule has 1 aromatic heterocycles. The number of rotatable bonds is 6. The number of methoxy groups -OCH3 is 1. The van der Waals surface area contributed by atoms with E-state index in [4.69, 9.17) is 9.15 Å². The number of thioether (sulfide) groups is 1. The van der Waals surface area contributed by atoms with Gasteiger partial charge in [0.05, 0.1) is 7.11 Å². The highest BCUT2D eigenvalue weighted by atomic mass is 32.2. The molecule has 0 aliphatic rings. The van der Waals surface area contributed by atoms with Crippen molar-refractivity contribution in [1.82, 2.24) is 15.5 Å². The van der Waals surface area contributed by atoms with Crippen molar-refractivity contribution in [2.75, 3.05) is 19.4 Å². The van der Waals surface area contributed by atoms with Crippen molar-refractivity contribution in [2.45, 2.75) is 12.1 Å². The van der Waals surface area contributed by atoms with E-state index < -0.39 is 0 Å². The SMILES string of the molecule is COc1ccc(-c2nnc(SCCNC(C)=O)o2)cc1. The van der Waals surface area contributed by atoms with E-state index in [1.165, 1.54) is 18.7 Å². The Morgan fingerprint density at radius 2 is 2.10 bits per heavy atom. The van der Waals surface area contributed by atoms with Gasteiger partial charge < -0.3 is 14.5 Å². The van der Waals surface area contributed by atoms with Crippen molar-refractivity contribution in [2.24, 2.45) is 0 Å². The van der Waals surface area contributed by atoms with Crippen molar-refractivity contribution >= 4 is 17.7 Å². The Kier molecular flexibility index (Phi) is 5.00. The molecule has 0 fully saturated rings. The molecular formula is C13H15N3O3S. The van der Waals surface area contributed by atoms with Crippen molar-refractivity contribution in [1.29, 1.82) is 0 Å². The maximum Gasteiger partial charge on any atom is 0.276 e. The molecule has 2 rings (SSSR count). The fourth-order valence-corrected chi connectivity index (χ4v) is 2.10. The maximum atomic E-state index is 10.7. The Morgan fingerprint density at radius 3 is 2.75 bits per heavy atom. The number of nitrogens with one attached hydrogen (secondary N) is 1. The summed E-state index contributed by atoms with van der Waals surface area (Å²) in [6.45, 7) is 2.05. The first-order valence-corrected chi connectivity index (χ1v) is 7.03. The van der Waals surface area contributed by atoms with Crippen LogP contribution in [0.15, 0.2) is 33.9 Å². The number of ether oxygens (including phenoxy) is 1. The zero-order valence-corrected chi connectivity index (χ0v) is 12.1. The standard InChI is InChI=1S/C13H15N3O3S/c1-9(17)14-7-8-20-13-16-15-12(19-13)10-3-5-11(18-2)6-4-10/h3-6H,7-8H2,1-2H3,(H,14,17). The van der Waals surface area contributed by atoms with Gasteiger partial charge in [-0.2, -0.15) is 0 Å². The quantitative estimate of drug-likeness (QED) is 0.648. The molecule has 0 aliphatic heterocycles. The highest BCUT2D eigenvalue weighted by Gasteiger charge is 2.09. The Labute approximate surface area is 120 Å². The molecular weight excluding hydrogens is 278 g/mol. The topological polar surface area (TPSA) is 77.3 Å². The second kappa shape index (κ2) is 6.95. The minimum atomic E-state index is -0.0462. The first-order valence-electron chi connectivity index (χ1n) is 6.04. The lowest BCUT2D eigenvalue weighted by atomic mass is 10.2. The highest BCUT2D eigenvalue weighted by Crippen LogP contribution is 2.24. The molecule has 1 heterocycles. The second-order valence-corrected chi connectivity index (χ2v) is 4.98. The zero-order chi connectivity index (χ0) is 14.4. The number of carbonyl (C=O) groups excluding carboxylic acids is 1. The molecule has 1 N–H and O–H groups in total. The van der Waals surface area contributed by atoms with Crippen LogP contribution in [0.2, 0.25) is 0 Å². The zero-order valence-electron chi connectivity index (χ0n) is 11.3. The molecule has 0 atom stereocenters. The van der Waals surface area contributed by atoms with Crippen molar-refractivity contribution in [3.63, 3.8) is 0 Å². The molecule has 0 aliphatic carbocycles. The van der Waals surface area contributed by atoms with Crippen LogP contribution >= 0.6 is 11.8 Å². The molecule has 0 radical (unpaired) electrons. The molecule has 6 nitrogen and oxygen atoms in total. The molecule has 0 saturated heterocycles. The van der Waals surface area contributed by atoms with Crippen LogP contribution in [-0.2, 0) is 4.79 Å². The Hall–Kier alpha value is -2.02. The maximum absolute atomic E-state index is 10.7. The monoisotopic (exact) mass is 293 g/mol. The molecule has 1 aromatic carbocycles. The van der Waals surface area contributed by atoms with Gasteiger partial charge in [-0.3, -0.25) is 4.79 Å². The first-order chi connectivity index (χ1) is 9.69. The van der Waals surface area contributed by atoms with Gasteiger partial charge in [0, 0.05) is 24.8 Å². The van der Waals surface area contributed by atoms with Gasteiger partial charge in [-0.1, -0.05) is 11.8 Å². The number of benzene rings is 1. The van der Waals surface area contributed by atoms with Gasteiger partial charge in [-0.15, -0.1) is 10.2 Å². The first kappa shape index (κ1) is 14.4. The average molecular weight is 293 g/mol. The minimum Gasteiger partial charge on any atom is -0.497 e. The lowest BCUT2D eigenvalue weighted by Crippen LogP contribution is -2.22. The Morgan fingerprint density at radius 1 is 1.35 bits per heavy atom. The number of aromatic nitrogens is 2. The van der Waals surface area contributed by atoms with E-state index >= 15 is 0 Å². The number of amides is 1. The Balaban J connectivity index is 1.92. The fourth-order valence-electron chi connectivity index (χ4n) is 1.48. The van der Waals surface area contributed by atoms with Crippen LogP contribution in [0.4, 0.5) is 0 Å². The van der Waals surface area contributed by atoms with Crippen LogP contribution in [0.3, 0.4) is 0 Å². The third-order valence-corrected chi connectivity index (χ3v) is 3.27. The van der Waals surface area contributed by atoms with Crippen LogP contribution < -0.4 is 10.1 Å². The van der Waals surface area contributed by atoms with Crippen molar-refractivity contribution < 1.29 is 13.9 Å². The van der Waals surface area contributed by atoms with Gasteiger partial charge >= 0.3 is 0 Å². The largest absolute Gasteiger partial charge is 0.497 e. The number of hydrogen-bond acceptors (Lipinski definition) is 6. The average Bonchev–Trinajstić information content (AvgIpc) is 2.92. The number of carbonyl (C=O) groups is 1. The summed E-state index contributed by atoms with van der Waals surface area (Å²) in [5, 5.41) is 11.1. The molecule has 0 saturated carbocycles. The molecule has 0 bridgehead atoms. The summed E-state index contributed by atoms with van der Waals surface area (Å²) in [6, 6.07) is 7.39. The second-order valence-electron chi connectivity index (χ2n) is 3.93. The minimum absolute atomic E-state index is 0.0462. The van der Waals surface area contributed by atoms with E-state index in [0.717, 1.165) is 11.3 Å². The Bertz CT molecular complexity index is 568. The normalized spacial score (nSPS) is 10.3. The summed E-state index contributed by atoms with van der Waals surface area (Å²) < 4.78 is 10.6. The smallest absolute Gasteiger partial charge is 0.276 e. The number of hydrogen-bond donors (Lipinski definition) is 1. The summed E-state index contributed by atoms with van der Waals surface area (Å²) >= 11 is 1.41. The lowest BCUT2D eigenvalue weighted by Gasteiger charge is -1.99. The molecule has 106 valence electrons. The van der Waals surface area contributed by atoms with Gasteiger partial charge in [0.25, 0.3) is 5.22 Å². The van der Waals surface area contributed by atoms with Gasteiger partial charge in [0.1, 0.15) is 5.75 Å². The lowest BCUT2D eigenvalue weighted by molar-refractivity contribution is -0.118. The van der Waals surface area contributed by atoms with Crippen LogP contribution in [-0.4, -0.2) is 35.5 Å². The predicted molar refractivity (Wildman–Crippen MR) is 75.7 cm³/mol. The summed E-state index contributed by atoms with van der Waals surface area (Å²) in [4.78, 5) is 10.7. The molecule has 20 heavy (non-hydrogen) atoms. The van der Waals surface area contributed by atoms with Crippen molar-refractivity contribution in [3.8, 4) is 17.2 Å². The van der Waals surface area contributed by atoms with Gasteiger partial charge in [-0.05, 0) is 24.3 Å². The summed E-state index contributed by atoms with van der Waals surface area (Å²) in [6.07, 6.45) is 0. The summed E-state index contributed by atoms with van der Waals surface area (Å²) in [5.74, 6) is 1.88. The van der Waals surface area contributed by atoms with E-state index in [0.29, 0.717) is 23.4 Å². The van der Waals surface area contributed by atoms with E-state index in [2.05, 4.69) is 15.5 Å². The van der Waals surface area contributed by atoms with E-state index in [-0.39, 0.29) is 5.91 Å². The molecule has 7 heteroatoms. The van der Waals surface area contributed by atoms with Gasteiger partial charge in [0.2, 0.25) is 11.8 Å². The molecule has 1 amide bonds.